The van der Waals surface area contributed by atoms with Crippen LogP contribution in [0.3, 0.4) is 0 Å². The Morgan fingerprint density at radius 1 is 0.739 bits per heavy atom. The minimum Gasteiger partial charge on any atom is -0.321 e. The molecule has 5 aromatic rings. The highest BCUT2D eigenvalue weighted by atomic mass is 32.2. The number of fused-ring (bicyclic) bond motifs is 1. The molecule has 0 atom stereocenters. The van der Waals surface area contributed by atoms with Crippen LogP contribution in [-0.4, -0.2) is 25.2 Å². The molecule has 12 heteroatoms. The minimum atomic E-state index is -4.66. The van der Waals surface area contributed by atoms with Gasteiger partial charge in [0.2, 0.25) is 0 Å². The van der Waals surface area contributed by atoms with Crippen molar-refractivity contribution in [2.45, 2.75) is 37.3 Å². The smallest absolute Gasteiger partial charge is 0.321 e. The van der Waals surface area contributed by atoms with Crippen molar-refractivity contribution in [3.05, 3.63) is 125 Å². The van der Waals surface area contributed by atoms with Crippen LogP contribution in [0.5, 0.6) is 0 Å². The SMILES string of the molecule is CC(C)(C)c1ccc(C(=O)NS(=O)(=O)c2ccccc2NC(=O)c2ccc3nc(-c4cc(C(F)(F)F)ccc4F)ccc3c2)cc1. The van der Waals surface area contributed by atoms with E-state index in [9.17, 15) is 35.6 Å². The largest absolute Gasteiger partial charge is 0.416 e. The topological polar surface area (TPSA) is 105 Å². The number of nitrogens with zero attached hydrogens (tertiary/aromatic N) is 1. The third-order valence-corrected chi connectivity index (χ3v) is 8.58. The van der Waals surface area contributed by atoms with Gasteiger partial charge in [-0.25, -0.2) is 22.5 Å². The molecule has 236 valence electrons. The quantitative estimate of drug-likeness (QED) is 0.183. The zero-order valence-electron chi connectivity index (χ0n) is 24.7. The molecule has 0 fully saturated rings. The molecular formula is C34H27F4N3O4S. The third kappa shape index (κ3) is 6.91. The normalized spacial score (nSPS) is 12.2. The summed E-state index contributed by atoms with van der Waals surface area (Å²) in [6.07, 6.45) is -4.66. The van der Waals surface area contributed by atoms with Crippen molar-refractivity contribution in [2.75, 3.05) is 5.32 Å². The number of pyridine rings is 1. The summed E-state index contributed by atoms with van der Waals surface area (Å²) in [5, 5.41) is 2.98. The fraction of sp³-hybridized carbons (Fsp3) is 0.147. The predicted octanol–water partition coefficient (Wildman–Crippen LogP) is 7.73. The van der Waals surface area contributed by atoms with Gasteiger partial charge >= 0.3 is 6.18 Å². The maximum absolute atomic E-state index is 14.4. The molecule has 2 amide bonds. The Morgan fingerprint density at radius 3 is 2.07 bits per heavy atom. The molecule has 0 saturated carbocycles. The van der Waals surface area contributed by atoms with Crippen molar-refractivity contribution in [3.8, 4) is 11.3 Å². The maximum Gasteiger partial charge on any atom is 0.416 e. The van der Waals surface area contributed by atoms with E-state index in [4.69, 9.17) is 0 Å². The lowest BCUT2D eigenvalue weighted by Gasteiger charge is -2.19. The van der Waals surface area contributed by atoms with E-state index in [1.165, 1.54) is 66.7 Å². The van der Waals surface area contributed by atoms with E-state index in [1.807, 2.05) is 25.5 Å². The van der Waals surface area contributed by atoms with Gasteiger partial charge < -0.3 is 5.32 Å². The van der Waals surface area contributed by atoms with Gasteiger partial charge in [-0.05, 0) is 77.7 Å². The Kier molecular flexibility index (Phi) is 8.43. The summed E-state index contributed by atoms with van der Waals surface area (Å²) in [6.45, 7) is 6.03. The lowest BCUT2D eigenvalue weighted by atomic mass is 9.87. The Labute approximate surface area is 262 Å². The number of sulfonamides is 1. The van der Waals surface area contributed by atoms with Crippen molar-refractivity contribution in [2.24, 2.45) is 0 Å². The van der Waals surface area contributed by atoms with Crippen LogP contribution in [0.1, 0.15) is 52.6 Å². The molecule has 1 heterocycles. The van der Waals surface area contributed by atoms with Crippen LogP contribution in [-0.2, 0) is 21.6 Å². The summed E-state index contributed by atoms with van der Waals surface area (Å²) < 4.78 is 82.4. The Balaban J connectivity index is 1.36. The van der Waals surface area contributed by atoms with E-state index in [0.717, 1.165) is 11.6 Å². The van der Waals surface area contributed by atoms with E-state index in [-0.39, 0.29) is 43.9 Å². The number of para-hydroxylation sites is 1. The number of carbonyl (C=O) groups is 2. The second-order valence-corrected chi connectivity index (χ2v) is 13.2. The summed E-state index contributed by atoms with van der Waals surface area (Å²) in [6, 6.07) is 21.3. The van der Waals surface area contributed by atoms with Gasteiger partial charge in [-0.1, -0.05) is 51.1 Å². The van der Waals surface area contributed by atoms with Crippen LogP contribution in [0.15, 0.2) is 102 Å². The van der Waals surface area contributed by atoms with Crippen LogP contribution >= 0.6 is 0 Å². The number of benzene rings is 4. The number of hydrogen-bond donors (Lipinski definition) is 2. The predicted molar refractivity (Wildman–Crippen MR) is 166 cm³/mol. The van der Waals surface area contributed by atoms with Gasteiger partial charge in [0, 0.05) is 22.1 Å². The van der Waals surface area contributed by atoms with Crippen LogP contribution < -0.4 is 10.0 Å². The Morgan fingerprint density at radius 2 is 1.39 bits per heavy atom. The number of nitrogens with one attached hydrogen (secondary N) is 2. The number of hydrogen-bond acceptors (Lipinski definition) is 5. The van der Waals surface area contributed by atoms with Gasteiger partial charge in [0.05, 0.1) is 22.5 Å². The number of rotatable bonds is 6. The molecule has 0 saturated heterocycles. The summed E-state index contributed by atoms with van der Waals surface area (Å²) >= 11 is 0. The first-order valence-corrected chi connectivity index (χ1v) is 15.4. The van der Waals surface area contributed by atoms with Crippen molar-refractivity contribution in [3.63, 3.8) is 0 Å². The lowest BCUT2D eigenvalue weighted by Crippen LogP contribution is -2.31. The van der Waals surface area contributed by atoms with Crippen molar-refractivity contribution in [1.82, 2.24) is 9.71 Å². The van der Waals surface area contributed by atoms with E-state index < -0.39 is 39.4 Å². The van der Waals surface area contributed by atoms with Crippen molar-refractivity contribution < 1.29 is 35.6 Å². The standard InChI is InChI=1S/C34H27F4N3O4S/c1-33(2,3)23-12-8-20(9-13-23)32(43)41-46(44,45)30-7-5-4-6-29(30)40-31(42)22-11-16-27-21(18-22)10-17-28(39-27)25-19-24(34(36,37)38)14-15-26(25)35/h4-19H,1-3H3,(H,40,42)(H,41,43). The molecule has 0 aliphatic rings. The molecule has 0 radical (unpaired) electrons. The summed E-state index contributed by atoms with van der Waals surface area (Å²) in [5.41, 5.74) is -0.108. The fourth-order valence-corrected chi connectivity index (χ4v) is 5.81. The zero-order valence-corrected chi connectivity index (χ0v) is 25.6. The molecule has 0 bridgehead atoms. The van der Waals surface area contributed by atoms with Crippen LogP contribution in [0, 0.1) is 5.82 Å². The highest BCUT2D eigenvalue weighted by Gasteiger charge is 2.31. The molecule has 5 rings (SSSR count). The maximum atomic E-state index is 14.4. The number of amides is 2. The third-order valence-electron chi connectivity index (χ3n) is 7.19. The molecule has 0 aliphatic heterocycles. The molecule has 4 aromatic carbocycles. The average Bonchev–Trinajstić information content (AvgIpc) is 3.00. The molecule has 1 aromatic heterocycles. The number of anilines is 1. The second kappa shape index (κ2) is 12.0. The molecule has 0 spiro atoms. The fourth-order valence-electron chi connectivity index (χ4n) is 4.67. The van der Waals surface area contributed by atoms with E-state index in [2.05, 4.69) is 10.3 Å². The van der Waals surface area contributed by atoms with Gasteiger partial charge in [-0.3, -0.25) is 9.59 Å². The summed E-state index contributed by atoms with van der Waals surface area (Å²) in [4.78, 5) is 29.9. The molecule has 2 N–H and O–H groups in total. The molecular weight excluding hydrogens is 622 g/mol. The molecule has 0 unspecified atom stereocenters. The number of aromatic nitrogens is 1. The number of alkyl halides is 3. The van der Waals surface area contributed by atoms with Crippen molar-refractivity contribution in [1.29, 1.82) is 0 Å². The van der Waals surface area contributed by atoms with Crippen LogP contribution in [0.25, 0.3) is 22.2 Å². The van der Waals surface area contributed by atoms with Crippen LogP contribution in [0.2, 0.25) is 0 Å². The van der Waals surface area contributed by atoms with Gasteiger partial charge in [-0.2, -0.15) is 13.2 Å². The van der Waals surface area contributed by atoms with E-state index in [1.54, 1.807) is 12.1 Å². The lowest BCUT2D eigenvalue weighted by molar-refractivity contribution is -0.137. The van der Waals surface area contributed by atoms with E-state index >= 15 is 0 Å². The van der Waals surface area contributed by atoms with Gasteiger partial charge in [0.25, 0.3) is 21.8 Å². The van der Waals surface area contributed by atoms with Gasteiger partial charge in [0.15, 0.2) is 0 Å². The summed E-state index contributed by atoms with van der Waals surface area (Å²) in [7, 11) is -4.41. The molecule has 0 aliphatic carbocycles. The number of halogens is 4. The molecule has 7 nitrogen and oxygen atoms in total. The average molecular weight is 650 g/mol. The first-order chi connectivity index (χ1) is 21.5. The van der Waals surface area contributed by atoms with Crippen LogP contribution in [0.4, 0.5) is 23.2 Å². The Bertz CT molecular complexity index is 2090. The summed E-state index contributed by atoms with van der Waals surface area (Å²) in [5.74, 6) is -2.39. The minimum absolute atomic E-state index is 0.0281. The first kappa shape index (κ1) is 32.3. The van der Waals surface area contributed by atoms with Gasteiger partial charge in [0.1, 0.15) is 10.7 Å². The Hall–Kier alpha value is -5.10. The first-order valence-electron chi connectivity index (χ1n) is 13.9. The van der Waals surface area contributed by atoms with E-state index in [0.29, 0.717) is 17.5 Å². The monoisotopic (exact) mass is 649 g/mol. The highest BCUT2D eigenvalue weighted by Crippen LogP contribution is 2.34. The highest BCUT2D eigenvalue weighted by molar-refractivity contribution is 7.90. The molecule has 46 heavy (non-hydrogen) atoms. The van der Waals surface area contributed by atoms with Gasteiger partial charge in [-0.15, -0.1) is 0 Å². The second-order valence-electron chi connectivity index (χ2n) is 11.5. The zero-order chi connectivity index (χ0) is 33.4. The van der Waals surface area contributed by atoms with Crippen molar-refractivity contribution >= 4 is 38.4 Å². The number of carbonyl (C=O) groups excluding carboxylic acids is 2.